The van der Waals surface area contributed by atoms with Crippen molar-refractivity contribution < 1.29 is 5.11 Å². The fraction of sp³-hybridized carbons (Fsp3) is 0.421. The lowest BCUT2D eigenvalue weighted by atomic mass is 9.89. The highest BCUT2D eigenvalue weighted by molar-refractivity contribution is 5.32. The lowest BCUT2D eigenvalue weighted by molar-refractivity contribution is -0.0352. The molecule has 0 radical (unpaired) electrons. The lowest BCUT2D eigenvalue weighted by Crippen LogP contribution is -2.49. The molecule has 1 unspecified atom stereocenters. The van der Waals surface area contributed by atoms with Gasteiger partial charge in [-0.3, -0.25) is 4.90 Å². The van der Waals surface area contributed by atoms with E-state index < -0.39 is 5.60 Å². The van der Waals surface area contributed by atoms with Crippen molar-refractivity contribution in [3.63, 3.8) is 0 Å². The number of hydrogen-bond acceptors (Lipinski definition) is 5. The van der Waals surface area contributed by atoms with Crippen LogP contribution in [0.15, 0.2) is 49.1 Å². The van der Waals surface area contributed by atoms with Crippen molar-refractivity contribution >= 4 is 0 Å². The van der Waals surface area contributed by atoms with Gasteiger partial charge in [0.1, 0.15) is 18.0 Å². The topological polar surface area (TPSA) is 72.0 Å². The Hall–Kier alpha value is -2.51. The van der Waals surface area contributed by atoms with Gasteiger partial charge in [-0.25, -0.2) is 4.98 Å². The Morgan fingerprint density at radius 1 is 1.19 bits per heavy atom. The molecule has 3 heterocycles. The Morgan fingerprint density at radius 3 is 2.81 bits per heavy atom. The normalized spacial score (nSPS) is 21.2. The maximum Gasteiger partial charge on any atom is 0.135 e. The zero-order valence-electron chi connectivity index (χ0n) is 15.0. The molecule has 136 valence electrons. The van der Waals surface area contributed by atoms with Gasteiger partial charge < -0.3 is 14.2 Å². The fourth-order valence-electron chi connectivity index (χ4n) is 3.72. The third kappa shape index (κ3) is 3.54. The van der Waals surface area contributed by atoms with E-state index in [1.165, 1.54) is 0 Å². The third-order valence-corrected chi connectivity index (χ3v) is 5.04. The van der Waals surface area contributed by atoms with Gasteiger partial charge in [0.15, 0.2) is 0 Å². The van der Waals surface area contributed by atoms with Crippen LogP contribution in [-0.2, 0) is 20.0 Å². The number of piperidine rings is 1. The Labute approximate surface area is 152 Å². The molecule has 4 rings (SSSR count). The number of hydrogen-bond donors (Lipinski definition) is 1. The summed E-state index contributed by atoms with van der Waals surface area (Å²) in [5, 5.41) is 19.1. The van der Waals surface area contributed by atoms with Crippen LogP contribution in [0.1, 0.15) is 24.5 Å². The highest BCUT2D eigenvalue weighted by Gasteiger charge is 2.35. The van der Waals surface area contributed by atoms with E-state index >= 15 is 0 Å². The summed E-state index contributed by atoms with van der Waals surface area (Å²) in [5.41, 5.74) is 0.329. The number of likely N-dealkylation sites (tertiary alicyclic amines) is 1. The molecule has 3 aromatic rings. The van der Waals surface area contributed by atoms with Crippen LogP contribution in [0, 0.1) is 0 Å². The summed E-state index contributed by atoms with van der Waals surface area (Å²) in [7, 11) is 1.91. The monoisotopic (exact) mass is 352 g/mol. The van der Waals surface area contributed by atoms with E-state index in [-0.39, 0.29) is 0 Å². The Balaban J connectivity index is 1.48. The Morgan fingerprint density at radius 2 is 2.04 bits per heavy atom. The molecule has 7 heteroatoms. The van der Waals surface area contributed by atoms with Gasteiger partial charge in [-0.05, 0) is 31.5 Å². The van der Waals surface area contributed by atoms with Crippen LogP contribution in [0.2, 0.25) is 0 Å². The minimum atomic E-state index is -0.775. The van der Waals surface area contributed by atoms with Gasteiger partial charge in [0.25, 0.3) is 0 Å². The first kappa shape index (κ1) is 16.9. The molecule has 0 saturated carbocycles. The van der Waals surface area contributed by atoms with Crippen LogP contribution in [0.5, 0.6) is 0 Å². The van der Waals surface area contributed by atoms with Gasteiger partial charge >= 0.3 is 0 Å². The molecule has 0 bridgehead atoms. The van der Waals surface area contributed by atoms with Gasteiger partial charge in [-0.15, -0.1) is 10.2 Å². The first-order valence-electron chi connectivity index (χ1n) is 8.98. The highest BCUT2D eigenvalue weighted by Crippen LogP contribution is 2.26. The van der Waals surface area contributed by atoms with Crippen molar-refractivity contribution in [3.05, 3.63) is 60.7 Å². The zero-order chi connectivity index (χ0) is 18.0. The lowest BCUT2D eigenvalue weighted by Gasteiger charge is -2.38. The van der Waals surface area contributed by atoms with Crippen molar-refractivity contribution in [3.8, 4) is 5.69 Å². The summed E-state index contributed by atoms with van der Waals surface area (Å²) >= 11 is 0. The molecule has 1 aliphatic rings. The smallest absolute Gasteiger partial charge is 0.135 e. The minimum absolute atomic E-state index is 0.521. The van der Waals surface area contributed by atoms with Crippen LogP contribution >= 0.6 is 0 Å². The van der Waals surface area contributed by atoms with Crippen molar-refractivity contribution in [2.24, 2.45) is 7.05 Å². The number of nitrogens with zero attached hydrogens (tertiary/aromatic N) is 6. The predicted molar refractivity (Wildman–Crippen MR) is 97.7 cm³/mol. The first-order chi connectivity index (χ1) is 12.6. The second kappa shape index (κ2) is 7.01. The standard InChI is InChI=1S/C19H24N6O/c1-23-15-21-22-17(23)12-19(26)8-5-10-24(14-19)13-18-20-9-11-25(18)16-6-3-2-4-7-16/h2-4,6-7,9,11,15,26H,5,8,10,12-14H2,1H3. The molecule has 7 nitrogen and oxygen atoms in total. The number of aryl methyl sites for hydroxylation is 1. The largest absolute Gasteiger partial charge is 0.388 e. The Bertz CT molecular complexity index is 858. The van der Waals surface area contributed by atoms with Crippen molar-refractivity contribution in [1.82, 2.24) is 29.2 Å². The second-order valence-corrected chi connectivity index (χ2v) is 7.12. The van der Waals surface area contributed by atoms with E-state index in [0.717, 1.165) is 36.7 Å². The molecule has 1 fully saturated rings. The zero-order valence-corrected chi connectivity index (χ0v) is 15.0. The Kier molecular flexibility index (Phi) is 4.57. The second-order valence-electron chi connectivity index (χ2n) is 7.12. The predicted octanol–water partition coefficient (Wildman–Crippen LogP) is 1.57. The number of rotatable bonds is 5. The number of β-amino-alcohol motifs (C(OH)–C–C–N with tert-alkyl or cyclic N) is 1. The van der Waals surface area contributed by atoms with E-state index in [4.69, 9.17) is 0 Å². The van der Waals surface area contributed by atoms with Crippen molar-refractivity contribution in [2.45, 2.75) is 31.4 Å². The fourth-order valence-corrected chi connectivity index (χ4v) is 3.72. The maximum atomic E-state index is 11.1. The SMILES string of the molecule is Cn1cnnc1CC1(O)CCCN(Cc2nccn2-c2ccccc2)C1. The summed E-state index contributed by atoms with van der Waals surface area (Å²) in [6.45, 7) is 2.29. The summed E-state index contributed by atoms with van der Waals surface area (Å²) in [5.74, 6) is 1.80. The van der Waals surface area contributed by atoms with Crippen molar-refractivity contribution in [2.75, 3.05) is 13.1 Å². The average molecular weight is 352 g/mol. The van der Waals surface area contributed by atoms with Gasteiger partial charge in [-0.1, -0.05) is 18.2 Å². The average Bonchev–Trinajstić information content (AvgIpc) is 3.25. The maximum absolute atomic E-state index is 11.1. The van der Waals surface area contributed by atoms with Crippen molar-refractivity contribution in [1.29, 1.82) is 0 Å². The van der Waals surface area contributed by atoms with Gasteiger partial charge in [-0.2, -0.15) is 0 Å². The van der Waals surface area contributed by atoms with E-state index in [1.807, 2.05) is 42.2 Å². The summed E-state index contributed by atoms with van der Waals surface area (Å²) in [4.78, 5) is 6.82. The van der Waals surface area contributed by atoms with E-state index in [9.17, 15) is 5.11 Å². The first-order valence-corrected chi connectivity index (χ1v) is 8.98. The van der Waals surface area contributed by atoms with Crippen LogP contribution in [0.25, 0.3) is 5.69 Å². The summed E-state index contributed by atoms with van der Waals surface area (Å²) < 4.78 is 3.98. The summed E-state index contributed by atoms with van der Waals surface area (Å²) in [6, 6.07) is 10.2. The van der Waals surface area contributed by atoms with E-state index in [2.05, 4.69) is 36.8 Å². The molecule has 2 aromatic heterocycles. The van der Waals surface area contributed by atoms with Crippen LogP contribution in [0.4, 0.5) is 0 Å². The molecular weight excluding hydrogens is 328 g/mol. The molecule has 1 N–H and O–H groups in total. The van der Waals surface area contributed by atoms with E-state index in [1.54, 1.807) is 6.33 Å². The molecule has 1 atom stereocenters. The molecule has 0 spiro atoms. The van der Waals surface area contributed by atoms with Gasteiger partial charge in [0.2, 0.25) is 0 Å². The number of imidazole rings is 1. The minimum Gasteiger partial charge on any atom is -0.388 e. The molecule has 26 heavy (non-hydrogen) atoms. The number of para-hydroxylation sites is 1. The molecule has 1 aromatic carbocycles. The van der Waals surface area contributed by atoms with Crippen LogP contribution in [-0.4, -0.2) is 53.0 Å². The quantitative estimate of drug-likeness (QED) is 0.755. The summed E-state index contributed by atoms with van der Waals surface area (Å²) in [6.07, 6.45) is 7.76. The highest BCUT2D eigenvalue weighted by atomic mass is 16.3. The van der Waals surface area contributed by atoms with Crippen LogP contribution in [0.3, 0.4) is 0 Å². The number of benzene rings is 1. The third-order valence-electron chi connectivity index (χ3n) is 5.04. The molecule has 1 saturated heterocycles. The van der Waals surface area contributed by atoms with E-state index in [0.29, 0.717) is 19.5 Å². The molecule has 1 aliphatic heterocycles. The molecular formula is C19H24N6O. The number of aliphatic hydroxyl groups is 1. The van der Waals surface area contributed by atoms with Gasteiger partial charge in [0.05, 0.1) is 12.1 Å². The van der Waals surface area contributed by atoms with Crippen LogP contribution < -0.4 is 0 Å². The molecule has 0 aliphatic carbocycles. The molecule has 0 amide bonds. The number of aromatic nitrogens is 5. The van der Waals surface area contributed by atoms with Gasteiger partial charge in [0, 0.05) is 38.1 Å².